The highest BCUT2D eigenvalue weighted by atomic mass is 16.4. The van der Waals surface area contributed by atoms with Crippen LogP contribution in [0.1, 0.15) is 46.0 Å². The molecule has 0 aromatic heterocycles. The van der Waals surface area contributed by atoms with Crippen molar-refractivity contribution in [3.63, 3.8) is 0 Å². The predicted octanol–water partition coefficient (Wildman–Crippen LogP) is 1.17. The summed E-state index contributed by atoms with van der Waals surface area (Å²) in [6.45, 7) is 4.86. The first-order valence-corrected chi connectivity index (χ1v) is 7.89. The summed E-state index contributed by atoms with van der Waals surface area (Å²) in [5, 5.41) is 12.1. The first kappa shape index (κ1) is 18.3. The number of aliphatic carboxylic acids is 1. The Morgan fingerprint density at radius 3 is 2.45 bits per heavy atom. The number of carbonyl (C=O) groups excluding carboxylic acids is 2. The topological polar surface area (TPSA) is 113 Å². The molecule has 0 bridgehead atoms. The Balaban J connectivity index is 2.57. The minimum atomic E-state index is -0.919. The molecule has 1 aliphatic rings. The third kappa shape index (κ3) is 4.61. The summed E-state index contributed by atoms with van der Waals surface area (Å²) in [7, 11) is 0. The molecule has 1 unspecified atom stereocenters. The molecule has 126 valence electrons. The molecule has 0 aromatic carbocycles. The van der Waals surface area contributed by atoms with Crippen LogP contribution in [-0.2, 0) is 9.59 Å². The Hall–Kier alpha value is -1.79. The smallest absolute Gasteiger partial charge is 0.317 e. The third-order valence-corrected chi connectivity index (χ3v) is 4.68. The number of nitrogens with two attached hydrogens (primary N) is 1. The molecule has 1 saturated heterocycles. The van der Waals surface area contributed by atoms with Crippen molar-refractivity contribution in [3.8, 4) is 0 Å². The maximum absolute atomic E-state index is 12.2. The summed E-state index contributed by atoms with van der Waals surface area (Å²) in [5.41, 5.74) is 4.29. The number of piperidine rings is 1. The van der Waals surface area contributed by atoms with Crippen molar-refractivity contribution in [2.24, 2.45) is 17.1 Å². The van der Waals surface area contributed by atoms with E-state index in [2.05, 4.69) is 5.32 Å². The molecule has 1 fully saturated rings. The van der Waals surface area contributed by atoms with Crippen LogP contribution in [0.2, 0.25) is 0 Å². The molecule has 0 radical (unpaired) electrons. The quantitative estimate of drug-likeness (QED) is 0.655. The van der Waals surface area contributed by atoms with Crippen LogP contribution in [0.5, 0.6) is 0 Å². The van der Waals surface area contributed by atoms with Gasteiger partial charge in [0.05, 0.1) is 5.41 Å². The fourth-order valence-corrected chi connectivity index (χ4v) is 2.94. The minimum Gasteiger partial charge on any atom is -0.481 e. The van der Waals surface area contributed by atoms with E-state index in [1.807, 2.05) is 13.8 Å². The lowest BCUT2D eigenvalue weighted by molar-refractivity contribution is -0.149. The molecule has 0 saturated carbocycles. The molecular weight excluding hydrogens is 286 g/mol. The van der Waals surface area contributed by atoms with Gasteiger partial charge in [0.25, 0.3) is 0 Å². The first-order valence-electron chi connectivity index (χ1n) is 7.89. The molecule has 0 spiro atoms. The number of carboxylic acids is 1. The van der Waals surface area contributed by atoms with Crippen molar-refractivity contribution in [1.29, 1.82) is 0 Å². The Kier molecular flexibility index (Phi) is 6.64. The van der Waals surface area contributed by atoms with E-state index in [0.717, 1.165) is 12.8 Å². The highest BCUT2D eigenvalue weighted by Gasteiger charge is 2.36. The van der Waals surface area contributed by atoms with E-state index in [0.29, 0.717) is 25.9 Å². The lowest BCUT2D eigenvalue weighted by Crippen LogP contribution is -2.50. The summed E-state index contributed by atoms with van der Waals surface area (Å²) in [6, 6.07) is -0.262. The normalized spacial score (nSPS) is 18.8. The zero-order valence-electron chi connectivity index (χ0n) is 13.4. The van der Waals surface area contributed by atoms with Crippen molar-refractivity contribution in [1.82, 2.24) is 10.2 Å². The van der Waals surface area contributed by atoms with Crippen molar-refractivity contribution >= 4 is 17.9 Å². The molecule has 1 rings (SSSR count). The van der Waals surface area contributed by atoms with Crippen molar-refractivity contribution in [2.75, 3.05) is 19.6 Å². The van der Waals surface area contributed by atoms with E-state index >= 15 is 0 Å². The molecule has 7 heteroatoms. The molecule has 7 nitrogen and oxygen atoms in total. The van der Waals surface area contributed by atoms with Gasteiger partial charge in [-0.15, -0.1) is 0 Å². The van der Waals surface area contributed by atoms with E-state index in [4.69, 9.17) is 5.73 Å². The zero-order chi connectivity index (χ0) is 16.8. The average Bonchev–Trinajstić information content (AvgIpc) is 2.47. The summed E-state index contributed by atoms with van der Waals surface area (Å²) in [6.07, 6.45) is 2.92. The highest BCUT2D eigenvalue weighted by Crippen LogP contribution is 2.26. The van der Waals surface area contributed by atoms with Crippen molar-refractivity contribution in [3.05, 3.63) is 0 Å². The molecular formula is C15H27N3O4. The molecule has 1 heterocycles. The van der Waals surface area contributed by atoms with Gasteiger partial charge in [-0.3, -0.25) is 9.59 Å². The fraction of sp³-hybridized carbons (Fsp3) is 0.800. The second kappa shape index (κ2) is 8.00. The number of amides is 3. The van der Waals surface area contributed by atoms with E-state index in [-0.39, 0.29) is 30.8 Å². The highest BCUT2D eigenvalue weighted by molar-refractivity contribution is 5.78. The van der Waals surface area contributed by atoms with E-state index in [1.54, 1.807) is 4.90 Å². The monoisotopic (exact) mass is 313 g/mol. The van der Waals surface area contributed by atoms with Gasteiger partial charge in [-0.1, -0.05) is 13.8 Å². The van der Waals surface area contributed by atoms with Crippen molar-refractivity contribution < 1.29 is 19.5 Å². The zero-order valence-corrected chi connectivity index (χ0v) is 13.4. The molecule has 3 amide bonds. The standard InChI is InChI=1S/C15H27N3O4/c1-3-15(4-2,13(20)21)10-17-14(22)18-7-5-6-11(9-18)8-12(16)19/h11H,3-10H2,1-2H3,(H2,16,19)(H,17,22)(H,20,21). The van der Waals surface area contributed by atoms with E-state index in [9.17, 15) is 19.5 Å². The lowest BCUT2D eigenvalue weighted by Gasteiger charge is -2.34. The average molecular weight is 313 g/mol. The largest absolute Gasteiger partial charge is 0.481 e. The Labute approximate surface area is 131 Å². The number of hydrogen-bond acceptors (Lipinski definition) is 3. The Bertz CT molecular complexity index is 421. The van der Waals surface area contributed by atoms with Crippen LogP contribution in [0.15, 0.2) is 0 Å². The molecule has 4 N–H and O–H groups in total. The predicted molar refractivity (Wildman–Crippen MR) is 82.2 cm³/mol. The van der Waals surface area contributed by atoms with Gasteiger partial charge in [-0.2, -0.15) is 0 Å². The Morgan fingerprint density at radius 2 is 1.95 bits per heavy atom. The molecule has 22 heavy (non-hydrogen) atoms. The number of likely N-dealkylation sites (tertiary alicyclic amines) is 1. The third-order valence-electron chi connectivity index (χ3n) is 4.68. The number of primary amides is 1. The van der Waals surface area contributed by atoms with Crippen molar-refractivity contribution in [2.45, 2.75) is 46.0 Å². The van der Waals surface area contributed by atoms with Gasteiger partial charge in [-0.05, 0) is 31.6 Å². The molecule has 0 aliphatic carbocycles. The molecule has 0 aromatic rings. The second-order valence-corrected chi connectivity index (χ2v) is 6.08. The summed E-state index contributed by atoms with van der Waals surface area (Å²) in [5.74, 6) is -1.14. The summed E-state index contributed by atoms with van der Waals surface area (Å²) >= 11 is 0. The van der Waals surface area contributed by atoms with Crippen LogP contribution in [0, 0.1) is 11.3 Å². The van der Waals surface area contributed by atoms with Gasteiger partial charge in [0.2, 0.25) is 5.91 Å². The van der Waals surface area contributed by atoms with Gasteiger partial charge < -0.3 is 21.1 Å². The SMILES string of the molecule is CCC(CC)(CNC(=O)N1CCCC(CC(N)=O)C1)C(=O)O. The summed E-state index contributed by atoms with van der Waals surface area (Å²) in [4.78, 5) is 36.3. The van der Waals surface area contributed by atoms with Crippen LogP contribution >= 0.6 is 0 Å². The van der Waals surface area contributed by atoms with Crippen LogP contribution in [0.25, 0.3) is 0 Å². The Morgan fingerprint density at radius 1 is 1.32 bits per heavy atom. The van der Waals surface area contributed by atoms with Gasteiger partial charge in [0.15, 0.2) is 0 Å². The number of rotatable bonds is 7. The maximum atomic E-state index is 12.2. The van der Waals surface area contributed by atoms with Gasteiger partial charge in [0, 0.05) is 26.1 Å². The second-order valence-electron chi connectivity index (χ2n) is 6.08. The minimum absolute atomic E-state index is 0.0959. The number of urea groups is 1. The molecule has 1 atom stereocenters. The van der Waals surface area contributed by atoms with Gasteiger partial charge in [-0.25, -0.2) is 4.79 Å². The van der Waals surface area contributed by atoms with Gasteiger partial charge >= 0.3 is 12.0 Å². The number of nitrogens with zero attached hydrogens (tertiary/aromatic N) is 1. The first-order chi connectivity index (χ1) is 10.3. The fourth-order valence-electron chi connectivity index (χ4n) is 2.94. The number of carbonyl (C=O) groups is 3. The number of nitrogens with one attached hydrogen (secondary N) is 1. The maximum Gasteiger partial charge on any atom is 0.317 e. The number of carboxylic acid groups (broad SMARTS) is 1. The van der Waals surface area contributed by atoms with Crippen LogP contribution in [0.3, 0.4) is 0 Å². The van der Waals surface area contributed by atoms with Crippen LogP contribution in [-0.4, -0.2) is 47.5 Å². The number of hydrogen-bond donors (Lipinski definition) is 3. The van der Waals surface area contributed by atoms with Crippen LogP contribution < -0.4 is 11.1 Å². The van der Waals surface area contributed by atoms with Crippen LogP contribution in [0.4, 0.5) is 4.79 Å². The summed E-state index contributed by atoms with van der Waals surface area (Å²) < 4.78 is 0. The van der Waals surface area contributed by atoms with E-state index < -0.39 is 11.4 Å². The lowest BCUT2D eigenvalue weighted by atomic mass is 9.82. The van der Waals surface area contributed by atoms with E-state index in [1.165, 1.54) is 0 Å². The van der Waals surface area contributed by atoms with Gasteiger partial charge in [0.1, 0.15) is 0 Å². The molecule has 1 aliphatic heterocycles.